The Morgan fingerprint density at radius 2 is 1.90 bits per heavy atom. The molecule has 108 valence electrons. The van der Waals surface area contributed by atoms with E-state index in [1.54, 1.807) is 28.2 Å². The van der Waals surface area contributed by atoms with Crippen molar-refractivity contribution >= 4 is 11.3 Å². The Morgan fingerprint density at radius 1 is 1.14 bits per heavy atom. The highest BCUT2D eigenvalue weighted by atomic mass is 32.1. The van der Waals surface area contributed by atoms with Crippen molar-refractivity contribution < 1.29 is 4.39 Å². The number of aromatic nitrogens is 3. The van der Waals surface area contributed by atoms with Gasteiger partial charge in [-0.05, 0) is 30.3 Å². The first kappa shape index (κ1) is 13.9. The molecular formula is C15H15FN4S. The van der Waals surface area contributed by atoms with Crippen LogP contribution < -0.4 is 5.32 Å². The molecule has 21 heavy (non-hydrogen) atoms. The van der Waals surface area contributed by atoms with Gasteiger partial charge in [0, 0.05) is 37.3 Å². The number of benzene rings is 1. The third-order valence-electron chi connectivity index (χ3n) is 3.02. The van der Waals surface area contributed by atoms with E-state index in [0.29, 0.717) is 13.1 Å². The van der Waals surface area contributed by atoms with Crippen molar-refractivity contribution in [2.45, 2.75) is 13.1 Å². The molecule has 2 aromatic heterocycles. The standard InChI is InChI=1S/C15H15FN4S/c1-20-7-6-13(19-20)8-17-9-14-10-21-15(18-14)11-2-4-12(16)5-3-11/h2-7,10,17H,8-9H2,1H3. The van der Waals surface area contributed by atoms with Crippen LogP contribution in [0.3, 0.4) is 0 Å². The van der Waals surface area contributed by atoms with Gasteiger partial charge in [-0.25, -0.2) is 9.37 Å². The highest BCUT2D eigenvalue weighted by molar-refractivity contribution is 7.13. The fourth-order valence-corrected chi connectivity index (χ4v) is 2.82. The number of rotatable bonds is 5. The lowest BCUT2D eigenvalue weighted by molar-refractivity contribution is 0.628. The second-order valence-electron chi connectivity index (χ2n) is 4.74. The number of hydrogen-bond donors (Lipinski definition) is 1. The fraction of sp³-hybridized carbons (Fsp3) is 0.200. The summed E-state index contributed by atoms with van der Waals surface area (Å²) in [6.45, 7) is 1.40. The lowest BCUT2D eigenvalue weighted by Gasteiger charge is -1.99. The molecule has 0 saturated carbocycles. The second kappa shape index (κ2) is 6.15. The molecular weight excluding hydrogens is 287 g/mol. The van der Waals surface area contributed by atoms with Gasteiger partial charge in [0.2, 0.25) is 0 Å². The van der Waals surface area contributed by atoms with Crippen molar-refractivity contribution in [3.63, 3.8) is 0 Å². The van der Waals surface area contributed by atoms with E-state index < -0.39 is 0 Å². The molecule has 0 aliphatic carbocycles. The largest absolute Gasteiger partial charge is 0.305 e. The lowest BCUT2D eigenvalue weighted by Crippen LogP contribution is -2.13. The van der Waals surface area contributed by atoms with E-state index in [-0.39, 0.29) is 5.82 Å². The highest BCUT2D eigenvalue weighted by Gasteiger charge is 2.05. The van der Waals surface area contributed by atoms with Crippen molar-refractivity contribution in [3.05, 3.63) is 59.1 Å². The molecule has 0 aliphatic heterocycles. The molecule has 3 rings (SSSR count). The molecule has 3 aromatic rings. The van der Waals surface area contributed by atoms with Gasteiger partial charge in [-0.3, -0.25) is 4.68 Å². The molecule has 0 saturated heterocycles. The van der Waals surface area contributed by atoms with E-state index in [1.807, 2.05) is 24.7 Å². The molecule has 0 fully saturated rings. The van der Waals surface area contributed by atoms with Crippen LogP contribution in [-0.2, 0) is 20.1 Å². The Morgan fingerprint density at radius 3 is 2.62 bits per heavy atom. The van der Waals surface area contributed by atoms with Crippen molar-refractivity contribution in [1.29, 1.82) is 0 Å². The summed E-state index contributed by atoms with van der Waals surface area (Å²) < 4.78 is 14.7. The second-order valence-corrected chi connectivity index (χ2v) is 5.59. The number of nitrogens with one attached hydrogen (secondary N) is 1. The minimum absolute atomic E-state index is 0.229. The molecule has 0 amide bonds. The molecule has 1 N–H and O–H groups in total. The molecule has 0 aliphatic rings. The Bertz CT molecular complexity index is 717. The van der Waals surface area contributed by atoms with Crippen LogP contribution in [0.1, 0.15) is 11.4 Å². The van der Waals surface area contributed by atoms with Crippen LogP contribution in [0.15, 0.2) is 41.9 Å². The molecule has 0 radical (unpaired) electrons. The summed E-state index contributed by atoms with van der Waals surface area (Å²) in [5.74, 6) is -0.229. The van der Waals surface area contributed by atoms with Gasteiger partial charge in [-0.15, -0.1) is 11.3 Å². The van der Waals surface area contributed by atoms with Crippen LogP contribution >= 0.6 is 11.3 Å². The first-order valence-electron chi connectivity index (χ1n) is 6.60. The van der Waals surface area contributed by atoms with Crippen molar-refractivity contribution in [3.8, 4) is 10.6 Å². The van der Waals surface area contributed by atoms with Gasteiger partial charge in [-0.2, -0.15) is 5.10 Å². The molecule has 1 aromatic carbocycles. The molecule has 2 heterocycles. The van der Waals surface area contributed by atoms with Gasteiger partial charge < -0.3 is 5.32 Å². The number of aryl methyl sites for hydroxylation is 1. The maximum absolute atomic E-state index is 12.9. The third-order valence-corrected chi connectivity index (χ3v) is 3.96. The van der Waals surface area contributed by atoms with E-state index in [1.165, 1.54) is 12.1 Å². The summed E-state index contributed by atoms with van der Waals surface area (Å²) in [7, 11) is 1.90. The summed E-state index contributed by atoms with van der Waals surface area (Å²) in [6, 6.07) is 8.39. The minimum Gasteiger partial charge on any atom is -0.305 e. The number of halogens is 1. The van der Waals surface area contributed by atoms with Crippen LogP contribution in [0.5, 0.6) is 0 Å². The van der Waals surface area contributed by atoms with Crippen LogP contribution in [0, 0.1) is 5.82 Å². The predicted octanol–water partition coefficient (Wildman–Crippen LogP) is 2.97. The average molecular weight is 302 g/mol. The van der Waals surface area contributed by atoms with Gasteiger partial charge in [0.1, 0.15) is 10.8 Å². The molecule has 0 spiro atoms. The van der Waals surface area contributed by atoms with Crippen LogP contribution in [0.2, 0.25) is 0 Å². The van der Waals surface area contributed by atoms with Gasteiger partial charge in [-0.1, -0.05) is 0 Å². The maximum atomic E-state index is 12.9. The summed E-state index contributed by atoms with van der Waals surface area (Å²) in [4.78, 5) is 4.55. The van der Waals surface area contributed by atoms with E-state index in [4.69, 9.17) is 0 Å². The van der Waals surface area contributed by atoms with Crippen LogP contribution in [0.4, 0.5) is 4.39 Å². The third kappa shape index (κ3) is 3.53. The molecule has 6 heteroatoms. The Hall–Kier alpha value is -2.05. The van der Waals surface area contributed by atoms with Gasteiger partial charge in [0.05, 0.1) is 11.4 Å². The smallest absolute Gasteiger partial charge is 0.123 e. The lowest BCUT2D eigenvalue weighted by atomic mass is 10.2. The van der Waals surface area contributed by atoms with Crippen molar-refractivity contribution in [1.82, 2.24) is 20.1 Å². The zero-order chi connectivity index (χ0) is 14.7. The first-order valence-corrected chi connectivity index (χ1v) is 7.48. The SMILES string of the molecule is Cn1ccc(CNCc2csc(-c3ccc(F)cc3)n2)n1. The normalized spacial score (nSPS) is 11.0. The van der Waals surface area contributed by atoms with Gasteiger partial charge in [0.25, 0.3) is 0 Å². The van der Waals surface area contributed by atoms with Crippen molar-refractivity contribution in [2.24, 2.45) is 7.05 Å². The monoisotopic (exact) mass is 302 g/mol. The van der Waals surface area contributed by atoms with Gasteiger partial charge >= 0.3 is 0 Å². The molecule has 0 unspecified atom stereocenters. The summed E-state index contributed by atoms with van der Waals surface area (Å²) >= 11 is 1.57. The molecule has 0 bridgehead atoms. The van der Waals surface area contributed by atoms with E-state index in [9.17, 15) is 4.39 Å². The van der Waals surface area contributed by atoms with E-state index >= 15 is 0 Å². The number of thiazole rings is 1. The summed E-state index contributed by atoms with van der Waals surface area (Å²) in [5, 5.41) is 10.5. The Kier molecular flexibility index (Phi) is 4.08. The quantitative estimate of drug-likeness (QED) is 0.788. The summed E-state index contributed by atoms with van der Waals surface area (Å²) in [6.07, 6.45) is 1.92. The van der Waals surface area contributed by atoms with E-state index in [0.717, 1.165) is 22.0 Å². The Labute approximate surface area is 126 Å². The zero-order valence-corrected chi connectivity index (χ0v) is 12.4. The topological polar surface area (TPSA) is 42.7 Å². The van der Waals surface area contributed by atoms with Crippen molar-refractivity contribution in [2.75, 3.05) is 0 Å². The highest BCUT2D eigenvalue weighted by Crippen LogP contribution is 2.23. The van der Waals surface area contributed by atoms with Crippen LogP contribution in [-0.4, -0.2) is 14.8 Å². The Balaban J connectivity index is 1.59. The van der Waals surface area contributed by atoms with E-state index in [2.05, 4.69) is 15.4 Å². The van der Waals surface area contributed by atoms with Crippen LogP contribution in [0.25, 0.3) is 10.6 Å². The minimum atomic E-state index is -0.229. The molecule has 4 nitrogen and oxygen atoms in total. The molecule has 0 atom stereocenters. The number of hydrogen-bond acceptors (Lipinski definition) is 4. The number of nitrogens with zero attached hydrogens (tertiary/aromatic N) is 3. The predicted molar refractivity (Wildman–Crippen MR) is 81.3 cm³/mol. The average Bonchev–Trinajstić information content (AvgIpc) is 3.09. The summed E-state index contributed by atoms with van der Waals surface area (Å²) in [5.41, 5.74) is 2.93. The zero-order valence-electron chi connectivity index (χ0n) is 11.6. The first-order chi connectivity index (χ1) is 10.2. The maximum Gasteiger partial charge on any atom is 0.123 e. The van der Waals surface area contributed by atoms with Gasteiger partial charge in [0.15, 0.2) is 0 Å². The fourth-order valence-electron chi connectivity index (χ4n) is 1.99.